The highest BCUT2D eigenvalue weighted by Gasteiger charge is 1.98. The molecule has 0 unspecified atom stereocenters. The molecular weight excluding hydrogens is 230 g/mol. The molecule has 0 aliphatic carbocycles. The van der Waals surface area contributed by atoms with Gasteiger partial charge in [-0.2, -0.15) is 0 Å². The lowest BCUT2D eigenvalue weighted by Crippen LogP contribution is -2.12. The zero-order chi connectivity index (χ0) is 13.5. The summed E-state index contributed by atoms with van der Waals surface area (Å²) in [6, 6.07) is 19.5. The predicted molar refractivity (Wildman–Crippen MR) is 82.0 cm³/mol. The fraction of sp³-hybridized carbons (Fsp3) is 0.333. The van der Waals surface area contributed by atoms with Crippen LogP contribution in [0.15, 0.2) is 54.6 Å². The minimum absolute atomic E-state index is 0.724. The van der Waals surface area contributed by atoms with Crippen LogP contribution in [0.5, 0.6) is 0 Å². The van der Waals surface area contributed by atoms with E-state index in [1.807, 2.05) is 0 Å². The van der Waals surface area contributed by atoms with E-state index in [9.17, 15) is 0 Å². The summed E-state index contributed by atoms with van der Waals surface area (Å²) in [6.07, 6.45) is 1.16. The van der Waals surface area contributed by atoms with Crippen molar-refractivity contribution in [3.8, 4) is 0 Å². The van der Waals surface area contributed by atoms with Crippen molar-refractivity contribution in [2.24, 2.45) is 5.92 Å². The van der Waals surface area contributed by atoms with Gasteiger partial charge in [0.15, 0.2) is 0 Å². The van der Waals surface area contributed by atoms with Gasteiger partial charge in [-0.1, -0.05) is 68.4 Å². The van der Waals surface area contributed by atoms with Crippen LogP contribution >= 0.6 is 0 Å². The predicted octanol–water partition coefficient (Wildman–Crippen LogP) is 4.17. The van der Waals surface area contributed by atoms with Crippen LogP contribution in [0, 0.1) is 5.92 Å². The van der Waals surface area contributed by atoms with Crippen LogP contribution in [0.4, 0.5) is 0 Å². The monoisotopic (exact) mass is 253 g/mol. The molecule has 1 nitrogen and oxygen atoms in total. The minimum atomic E-state index is 0.724. The molecule has 0 spiro atoms. The average Bonchev–Trinajstić information content (AvgIpc) is 2.41. The van der Waals surface area contributed by atoms with E-state index in [2.05, 4.69) is 73.8 Å². The second-order valence-corrected chi connectivity index (χ2v) is 5.50. The van der Waals surface area contributed by atoms with Crippen molar-refractivity contribution >= 4 is 0 Å². The molecule has 2 aromatic rings. The lowest BCUT2D eigenvalue weighted by atomic mass is 10.0. The standard InChI is InChI=1S/C18H23N/c1-15(2)12-16-8-10-18(11-9-16)14-19-13-17-6-4-3-5-7-17/h3-11,15,19H,12-14H2,1-2H3. The Morgan fingerprint density at radius 2 is 1.26 bits per heavy atom. The van der Waals surface area contributed by atoms with E-state index in [0.29, 0.717) is 0 Å². The van der Waals surface area contributed by atoms with E-state index in [0.717, 1.165) is 25.4 Å². The molecule has 0 bridgehead atoms. The van der Waals surface area contributed by atoms with Gasteiger partial charge >= 0.3 is 0 Å². The summed E-state index contributed by atoms with van der Waals surface area (Å²) in [5.74, 6) is 0.724. The molecule has 0 aromatic heterocycles. The summed E-state index contributed by atoms with van der Waals surface area (Å²) >= 11 is 0. The van der Waals surface area contributed by atoms with Gasteiger partial charge in [0.1, 0.15) is 0 Å². The molecule has 1 heteroatoms. The summed E-state index contributed by atoms with van der Waals surface area (Å²) in [4.78, 5) is 0. The van der Waals surface area contributed by atoms with Gasteiger partial charge in [-0.05, 0) is 29.0 Å². The topological polar surface area (TPSA) is 12.0 Å². The Kier molecular flexibility index (Phi) is 5.17. The van der Waals surface area contributed by atoms with Gasteiger partial charge in [0.2, 0.25) is 0 Å². The van der Waals surface area contributed by atoms with Crippen molar-refractivity contribution in [3.63, 3.8) is 0 Å². The van der Waals surface area contributed by atoms with Gasteiger partial charge in [0, 0.05) is 13.1 Å². The summed E-state index contributed by atoms with van der Waals surface area (Å²) in [5, 5.41) is 3.48. The number of benzene rings is 2. The van der Waals surface area contributed by atoms with Crippen LogP contribution in [0.25, 0.3) is 0 Å². The van der Waals surface area contributed by atoms with Crippen molar-refractivity contribution in [1.29, 1.82) is 0 Å². The summed E-state index contributed by atoms with van der Waals surface area (Å²) in [5.41, 5.74) is 4.11. The van der Waals surface area contributed by atoms with E-state index in [-0.39, 0.29) is 0 Å². The Balaban J connectivity index is 1.80. The SMILES string of the molecule is CC(C)Cc1ccc(CNCc2ccccc2)cc1. The summed E-state index contributed by atoms with van der Waals surface area (Å²) in [7, 11) is 0. The Hall–Kier alpha value is -1.60. The third-order valence-corrected chi connectivity index (χ3v) is 3.17. The quantitative estimate of drug-likeness (QED) is 0.814. The first-order valence-electron chi connectivity index (χ1n) is 7.06. The lowest BCUT2D eigenvalue weighted by Gasteiger charge is -2.08. The molecule has 2 aromatic carbocycles. The van der Waals surface area contributed by atoms with Crippen LogP contribution in [0.1, 0.15) is 30.5 Å². The summed E-state index contributed by atoms with van der Waals surface area (Å²) < 4.78 is 0. The number of hydrogen-bond acceptors (Lipinski definition) is 1. The van der Waals surface area contributed by atoms with Crippen molar-refractivity contribution in [2.45, 2.75) is 33.4 Å². The van der Waals surface area contributed by atoms with Crippen molar-refractivity contribution in [1.82, 2.24) is 5.32 Å². The van der Waals surface area contributed by atoms with Gasteiger partial charge in [-0.15, -0.1) is 0 Å². The number of hydrogen-bond donors (Lipinski definition) is 1. The summed E-state index contributed by atoms with van der Waals surface area (Å²) in [6.45, 7) is 6.37. The largest absolute Gasteiger partial charge is 0.309 e. The molecule has 0 aliphatic rings. The molecule has 0 aliphatic heterocycles. The normalized spacial score (nSPS) is 10.9. The third-order valence-electron chi connectivity index (χ3n) is 3.17. The maximum Gasteiger partial charge on any atom is 0.0208 e. The second kappa shape index (κ2) is 7.10. The van der Waals surface area contributed by atoms with Crippen LogP contribution in [0.2, 0.25) is 0 Å². The van der Waals surface area contributed by atoms with E-state index >= 15 is 0 Å². The van der Waals surface area contributed by atoms with Crippen LogP contribution < -0.4 is 5.32 Å². The first kappa shape index (κ1) is 13.8. The molecule has 0 saturated heterocycles. The molecule has 100 valence electrons. The molecular formula is C18H23N. The molecule has 2 rings (SSSR count). The van der Waals surface area contributed by atoms with Gasteiger partial charge in [-0.3, -0.25) is 0 Å². The van der Waals surface area contributed by atoms with Crippen LogP contribution in [0.3, 0.4) is 0 Å². The lowest BCUT2D eigenvalue weighted by molar-refractivity contribution is 0.646. The average molecular weight is 253 g/mol. The van der Waals surface area contributed by atoms with Crippen molar-refractivity contribution in [2.75, 3.05) is 0 Å². The van der Waals surface area contributed by atoms with Crippen molar-refractivity contribution in [3.05, 3.63) is 71.3 Å². The van der Waals surface area contributed by atoms with E-state index in [1.54, 1.807) is 0 Å². The zero-order valence-electron chi connectivity index (χ0n) is 11.9. The molecule has 1 N–H and O–H groups in total. The number of rotatable bonds is 6. The molecule has 0 atom stereocenters. The molecule has 0 amide bonds. The maximum absolute atomic E-state index is 3.48. The third kappa shape index (κ3) is 4.88. The van der Waals surface area contributed by atoms with Crippen LogP contribution in [-0.2, 0) is 19.5 Å². The fourth-order valence-corrected chi connectivity index (χ4v) is 2.21. The highest BCUT2D eigenvalue weighted by molar-refractivity contribution is 5.23. The van der Waals surface area contributed by atoms with Crippen molar-refractivity contribution < 1.29 is 0 Å². The van der Waals surface area contributed by atoms with Crippen LogP contribution in [-0.4, -0.2) is 0 Å². The molecule has 0 saturated carbocycles. The smallest absolute Gasteiger partial charge is 0.0208 e. The molecule has 0 radical (unpaired) electrons. The van der Waals surface area contributed by atoms with Gasteiger partial charge in [0.25, 0.3) is 0 Å². The maximum atomic E-state index is 3.48. The highest BCUT2D eigenvalue weighted by Crippen LogP contribution is 2.10. The fourth-order valence-electron chi connectivity index (χ4n) is 2.21. The van der Waals surface area contributed by atoms with Gasteiger partial charge in [-0.25, -0.2) is 0 Å². The Bertz CT molecular complexity index is 471. The van der Waals surface area contributed by atoms with Gasteiger partial charge < -0.3 is 5.32 Å². The number of nitrogens with one attached hydrogen (secondary N) is 1. The zero-order valence-corrected chi connectivity index (χ0v) is 11.9. The van der Waals surface area contributed by atoms with Gasteiger partial charge in [0.05, 0.1) is 0 Å². The van der Waals surface area contributed by atoms with E-state index < -0.39 is 0 Å². The second-order valence-electron chi connectivity index (χ2n) is 5.50. The molecule has 0 fully saturated rings. The Morgan fingerprint density at radius 1 is 0.737 bits per heavy atom. The minimum Gasteiger partial charge on any atom is -0.309 e. The van der Waals surface area contributed by atoms with E-state index in [4.69, 9.17) is 0 Å². The first-order valence-corrected chi connectivity index (χ1v) is 7.06. The van der Waals surface area contributed by atoms with E-state index in [1.165, 1.54) is 16.7 Å². The molecule has 0 heterocycles. The highest BCUT2D eigenvalue weighted by atomic mass is 14.8. The first-order chi connectivity index (χ1) is 9.24. The molecule has 19 heavy (non-hydrogen) atoms. The Labute approximate surface area is 116 Å². The Morgan fingerprint density at radius 3 is 1.84 bits per heavy atom.